The topological polar surface area (TPSA) is 54.6 Å². The maximum absolute atomic E-state index is 11.0. The Morgan fingerprint density at radius 1 is 1.38 bits per heavy atom. The van der Waals surface area contributed by atoms with E-state index in [9.17, 15) is 4.79 Å². The summed E-state index contributed by atoms with van der Waals surface area (Å²) in [6.45, 7) is 7.46. The van der Waals surface area contributed by atoms with Gasteiger partial charge >= 0.3 is 5.97 Å². The number of thiazole rings is 1. The van der Waals surface area contributed by atoms with Gasteiger partial charge in [-0.25, -0.2) is 9.78 Å². The molecule has 0 aliphatic heterocycles. The minimum absolute atomic E-state index is 0.283. The Morgan fingerprint density at radius 2 is 2.19 bits per heavy atom. The first-order chi connectivity index (χ1) is 10.1. The molecule has 1 aromatic carbocycles. The molecule has 2 heterocycles. The molecule has 104 valence electrons. The Hall–Kier alpha value is -2.66. The van der Waals surface area contributed by atoms with Crippen LogP contribution in [0.3, 0.4) is 0 Å². The van der Waals surface area contributed by atoms with Crippen molar-refractivity contribution in [2.45, 2.75) is 0 Å². The Kier molecular flexibility index (Phi) is 3.19. The summed E-state index contributed by atoms with van der Waals surface area (Å²) in [7, 11) is 0. The molecule has 0 aliphatic carbocycles. The van der Waals surface area contributed by atoms with Gasteiger partial charge < -0.3 is 5.11 Å². The highest BCUT2D eigenvalue weighted by molar-refractivity contribution is 7.23. The van der Waals surface area contributed by atoms with Gasteiger partial charge in [-0.2, -0.15) is 0 Å². The van der Waals surface area contributed by atoms with Crippen molar-refractivity contribution in [1.82, 2.24) is 9.38 Å². The first kappa shape index (κ1) is 13.3. The van der Waals surface area contributed by atoms with Crippen LogP contribution in [0, 0.1) is 0 Å². The molecule has 0 aliphatic rings. The molecule has 0 atom stereocenters. The molecule has 0 unspecified atom stereocenters. The lowest BCUT2D eigenvalue weighted by molar-refractivity contribution is 0.0697. The van der Waals surface area contributed by atoms with E-state index in [1.807, 2.05) is 16.7 Å². The fourth-order valence-corrected chi connectivity index (χ4v) is 3.21. The van der Waals surface area contributed by atoms with Gasteiger partial charge in [0.25, 0.3) is 0 Å². The van der Waals surface area contributed by atoms with Gasteiger partial charge in [0.2, 0.25) is 0 Å². The van der Waals surface area contributed by atoms with E-state index in [4.69, 9.17) is 5.11 Å². The van der Waals surface area contributed by atoms with Crippen LogP contribution in [0.2, 0.25) is 0 Å². The molecule has 0 spiro atoms. The van der Waals surface area contributed by atoms with Crippen LogP contribution in [0.4, 0.5) is 0 Å². The average molecular weight is 296 g/mol. The second-order valence-corrected chi connectivity index (χ2v) is 5.44. The number of fused-ring (bicyclic) bond motifs is 3. The molecular weight excluding hydrogens is 284 g/mol. The molecular formula is C16H12N2O2S. The lowest BCUT2D eigenvalue weighted by Crippen LogP contribution is -1.94. The summed E-state index contributed by atoms with van der Waals surface area (Å²) in [5.41, 5.74) is 2.95. The number of allylic oxidation sites excluding steroid dienone is 4. The van der Waals surface area contributed by atoms with Crippen molar-refractivity contribution in [3.05, 3.63) is 67.0 Å². The molecule has 0 fully saturated rings. The third kappa shape index (κ3) is 2.17. The third-order valence-corrected chi connectivity index (χ3v) is 4.17. The molecule has 5 heteroatoms. The van der Waals surface area contributed by atoms with Crippen molar-refractivity contribution in [2.24, 2.45) is 0 Å². The van der Waals surface area contributed by atoms with E-state index in [1.165, 1.54) is 11.3 Å². The van der Waals surface area contributed by atoms with Crippen molar-refractivity contribution in [1.29, 1.82) is 0 Å². The summed E-state index contributed by atoms with van der Waals surface area (Å²) in [5, 5.41) is 9.03. The molecule has 0 bridgehead atoms. The van der Waals surface area contributed by atoms with Crippen LogP contribution in [-0.2, 0) is 0 Å². The summed E-state index contributed by atoms with van der Waals surface area (Å²) < 4.78 is 2.86. The maximum atomic E-state index is 11.0. The van der Waals surface area contributed by atoms with Crippen LogP contribution in [0.1, 0.15) is 16.1 Å². The summed E-state index contributed by atoms with van der Waals surface area (Å²) in [6, 6.07) is 5.08. The van der Waals surface area contributed by atoms with Crippen LogP contribution in [-0.4, -0.2) is 20.5 Å². The van der Waals surface area contributed by atoms with E-state index < -0.39 is 5.97 Å². The average Bonchev–Trinajstić information content (AvgIpc) is 3.01. The predicted octanol–water partition coefficient (Wildman–Crippen LogP) is 4.00. The van der Waals surface area contributed by atoms with Crippen molar-refractivity contribution < 1.29 is 9.90 Å². The Morgan fingerprint density at radius 3 is 2.86 bits per heavy atom. The number of rotatable bonds is 4. The summed E-state index contributed by atoms with van der Waals surface area (Å²) >= 11 is 1.46. The van der Waals surface area contributed by atoms with Crippen LogP contribution in [0.15, 0.2) is 55.8 Å². The molecule has 0 amide bonds. The van der Waals surface area contributed by atoms with E-state index >= 15 is 0 Å². The number of benzene rings is 1. The third-order valence-electron chi connectivity index (χ3n) is 3.15. The fraction of sp³-hybridized carbons (Fsp3) is 0. The van der Waals surface area contributed by atoms with Crippen LogP contribution >= 0.6 is 11.3 Å². The van der Waals surface area contributed by atoms with Gasteiger partial charge in [-0.1, -0.05) is 42.7 Å². The number of aromatic nitrogens is 2. The van der Waals surface area contributed by atoms with E-state index in [2.05, 4.69) is 18.1 Å². The zero-order valence-corrected chi connectivity index (χ0v) is 11.9. The number of carboxylic acid groups (broad SMARTS) is 1. The number of hydrogen-bond acceptors (Lipinski definition) is 3. The van der Waals surface area contributed by atoms with Crippen molar-refractivity contribution in [3.8, 4) is 0 Å². The summed E-state index contributed by atoms with van der Waals surface area (Å²) in [5.74, 6) is -0.925. The monoisotopic (exact) mass is 296 g/mol. The number of nitrogens with zero attached hydrogens (tertiary/aromatic N) is 2. The van der Waals surface area contributed by atoms with E-state index in [1.54, 1.807) is 30.4 Å². The molecule has 0 saturated heterocycles. The first-order valence-corrected chi connectivity index (χ1v) is 7.06. The summed E-state index contributed by atoms with van der Waals surface area (Å²) in [6.07, 6.45) is 7.20. The lowest BCUT2D eigenvalue weighted by atomic mass is 10.2. The van der Waals surface area contributed by atoms with Crippen molar-refractivity contribution in [2.75, 3.05) is 0 Å². The van der Waals surface area contributed by atoms with Gasteiger partial charge in [-0.05, 0) is 18.2 Å². The highest BCUT2D eigenvalue weighted by Crippen LogP contribution is 2.29. The van der Waals surface area contributed by atoms with Crippen molar-refractivity contribution >= 4 is 38.1 Å². The van der Waals surface area contributed by atoms with Gasteiger partial charge in [0.05, 0.1) is 21.5 Å². The number of carbonyl (C=O) groups is 1. The molecule has 2 aromatic heterocycles. The SMILES string of the molecule is C=C/C=C(\C=C)c1cn2c(n1)sc1cc(C(=O)O)ccc12. The second-order valence-electron chi connectivity index (χ2n) is 4.43. The molecule has 3 rings (SSSR count). The van der Waals surface area contributed by atoms with Gasteiger partial charge in [0.1, 0.15) is 0 Å². The highest BCUT2D eigenvalue weighted by Gasteiger charge is 2.12. The molecule has 3 aromatic rings. The van der Waals surface area contributed by atoms with E-state index in [0.29, 0.717) is 0 Å². The highest BCUT2D eigenvalue weighted by atomic mass is 32.1. The van der Waals surface area contributed by atoms with Gasteiger partial charge in [-0.15, -0.1) is 0 Å². The van der Waals surface area contributed by atoms with E-state index in [0.717, 1.165) is 26.4 Å². The molecule has 21 heavy (non-hydrogen) atoms. The van der Waals surface area contributed by atoms with E-state index in [-0.39, 0.29) is 5.56 Å². The normalized spacial score (nSPS) is 11.9. The Labute approximate surface area is 125 Å². The van der Waals surface area contributed by atoms with Crippen molar-refractivity contribution in [3.63, 3.8) is 0 Å². The Bertz CT molecular complexity index is 915. The number of imidazole rings is 1. The molecule has 0 saturated carbocycles. The standard InChI is InChI=1S/C16H12N2O2S/c1-3-5-10(4-2)12-9-18-13-7-6-11(15(19)20)8-14(13)21-16(18)17-12/h3-9H,1-2H2,(H,19,20)/b10-5+. The lowest BCUT2D eigenvalue weighted by Gasteiger charge is -1.96. The van der Waals surface area contributed by atoms with Crippen LogP contribution in [0.25, 0.3) is 20.8 Å². The number of carboxylic acids is 1. The van der Waals surface area contributed by atoms with Gasteiger partial charge in [-0.3, -0.25) is 4.40 Å². The quantitative estimate of drug-likeness (QED) is 0.740. The maximum Gasteiger partial charge on any atom is 0.335 e. The predicted molar refractivity (Wildman–Crippen MR) is 85.9 cm³/mol. The van der Waals surface area contributed by atoms with Gasteiger partial charge in [0.15, 0.2) is 4.96 Å². The molecule has 1 N–H and O–H groups in total. The summed E-state index contributed by atoms with van der Waals surface area (Å²) in [4.78, 5) is 16.4. The molecule has 4 nitrogen and oxygen atoms in total. The number of aromatic carboxylic acids is 1. The molecule has 0 radical (unpaired) electrons. The second kappa shape index (κ2) is 5.03. The zero-order chi connectivity index (χ0) is 15.0. The van der Waals surface area contributed by atoms with Crippen LogP contribution < -0.4 is 0 Å². The largest absolute Gasteiger partial charge is 0.478 e. The number of hydrogen-bond donors (Lipinski definition) is 1. The minimum Gasteiger partial charge on any atom is -0.478 e. The minimum atomic E-state index is -0.925. The first-order valence-electron chi connectivity index (χ1n) is 6.24. The van der Waals surface area contributed by atoms with Crippen LogP contribution in [0.5, 0.6) is 0 Å². The fourth-order valence-electron chi connectivity index (χ4n) is 2.16. The smallest absolute Gasteiger partial charge is 0.335 e. The zero-order valence-electron chi connectivity index (χ0n) is 11.1. The van der Waals surface area contributed by atoms with Gasteiger partial charge in [0, 0.05) is 11.8 Å². The Balaban J connectivity index is 2.20.